The third-order valence-electron chi connectivity index (χ3n) is 3.02. The van der Waals surface area contributed by atoms with Gasteiger partial charge < -0.3 is 10.1 Å². The van der Waals surface area contributed by atoms with Crippen molar-refractivity contribution >= 4 is 5.91 Å². The van der Waals surface area contributed by atoms with Gasteiger partial charge in [-0.05, 0) is 24.8 Å². The first-order chi connectivity index (χ1) is 8.34. The third-order valence-corrected chi connectivity index (χ3v) is 3.02. The number of nitrogens with one attached hydrogen (secondary N) is 1. The average molecular weight is 233 g/mol. The Morgan fingerprint density at radius 3 is 2.88 bits per heavy atom. The fraction of sp³-hybridized carbons (Fsp3) is 0.500. The molecule has 1 aliphatic rings. The van der Waals surface area contributed by atoms with E-state index in [1.165, 1.54) is 5.56 Å². The minimum absolute atomic E-state index is 0.104. The average Bonchev–Trinajstić information content (AvgIpc) is 2.83. The normalized spacial score (nSPS) is 19.2. The summed E-state index contributed by atoms with van der Waals surface area (Å²) in [4.78, 5) is 11.6. The zero-order chi connectivity index (χ0) is 11.9. The van der Waals surface area contributed by atoms with Crippen LogP contribution in [0.1, 0.15) is 24.8 Å². The maximum Gasteiger partial charge on any atom is 0.222 e. The maximum absolute atomic E-state index is 11.6. The summed E-state index contributed by atoms with van der Waals surface area (Å²) in [5.41, 5.74) is 1.25. The summed E-state index contributed by atoms with van der Waals surface area (Å²) in [7, 11) is 0. The van der Waals surface area contributed by atoms with Crippen LogP contribution in [0.2, 0.25) is 0 Å². The smallest absolute Gasteiger partial charge is 0.222 e. The summed E-state index contributed by atoms with van der Waals surface area (Å²) in [5.74, 6) is 0.104. The monoisotopic (exact) mass is 233 g/mol. The van der Waals surface area contributed by atoms with Crippen LogP contribution in [0.15, 0.2) is 30.3 Å². The van der Waals surface area contributed by atoms with Crippen LogP contribution in [0.25, 0.3) is 0 Å². The van der Waals surface area contributed by atoms with Crippen LogP contribution in [-0.2, 0) is 16.0 Å². The molecule has 0 aromatic heterocycles. The second-order valence-corrected chi connectivity index (χ2v) is 4.42. The Kier molecular flexibility index (Phi) is 4.56. The Morgan fingerprint density at radius 1 is 1.35 bits per heavy atom. The summed E-state index contributed by atoms with van der Waals surface area (Å²) < 4.78 is 5.43. The number of hydrogen-bond acceptors (Lipinski definition) is 2. The molecule has 1 fully saturated rings. The standard InChI is InChI=1S/C14H19NO2/c16-14(11-13-7-4-10-17-13)15-9-8-12-5-2-1-3-6-12/h1-3,5-6,13H,4,7-11H2,(H,15,16). The van der Waals surface area contributed by atoms with E-state index < -0.39 is 0 Å². The van der Waals surface area contributed by atoms with Crippen LogP contribution < -0.4 is 5.32 Å². The highest BCUT2D eigenvalue weighted by atomic mass is 16.5. The van der Waals surface area contributed by atoms with Crippen LogP contribution in [0.5, 0.6) is 0 Å². The molecule has 1 heterocycles. The Morgan fingerprint density at radius 2 is 2.18 bits per heavy atom. The first-order valence-electron chi connectivity index (χ1n) is 6.27. The molecule has 17 heavy (non-hydrogen) atoms. The fourth-order valence-corrected chi connectivity index (χ4v) is 2.08. The minimum Gasteiger partial charge on any atom is -0.378 e. The van der Waals surface area contributed by atoms with Gasteiger partial charge in [0.25, 0.3) is 0 Å². The van der Waals surface area contributed by atoms with E-state index >= 15 is 0 Å². The van der Waals surface area contributed by atoms with E-state index in [1.54, 1.807) is 0 Å². The van der Waals surface area contributed by atoms with Gasteiger partial charge in [0.2, 0.25) is 5.91 Å². The highest BCUT2D eigenvalue weighted by Gasteiger charge is 2.18. The van der Waals surface area contributed by atoms with Crippen molar-refractivity contribution in [1.82, 2.24) is 5.32 Å². The van der Waals surface area contributed by atoms with Gasteiger partial charge in [0, 0.05) is 13.2 Å². The second kappa shape index (κ2) is 6.40. The van der Waals surface area contributed by atoms with Crippen LogP contribution >= 0.6 is 0 Å². The lowest BCUT2D eigenvalue weighted by atomic mass is 10.1. The molecular formula is C14H19NO2. The molecule has 0 aliphatic carbocycles. The third kappa shape index (κ3) is 4.19. The van der Waals surface area contributed by atoms with Gasteiger partial charge in [-0.15, -0.1) is 0 Å². The molecule has 1 N–H and O–H groups in total. The van der Waals surface area contributed by atoms with Crippen LogP contribution in [0.3, 0.4) is 0 Å². The summed E-state index contributed by atoms with van der Waals surface area (Å²) in [6.45, 7) is 1.51. The first-order valence-corrected chi connectivity index (χ1v) is 6.27. The summed E-state index contributed by atoms with van der Waals surface area (Å²) in [5, 5.41) is 2.94. The van der Waals surface area contributed by atoms with E-state index in [1.807, 2.05) is 18.2 Å². The number of amides is 1. The lowest BCUT2D eigenvalue weighted by Crippen LogP contribution is -2.28. The van der Waals surface area contributed by atoms with Crippen molar-refractivity contribution in [2.75, 3.05) is 13.2 Å². The largest absolute Gasteiger partial charge is 0.378 e. The van der Waals surface area contributed by atoms with Crippen molar-refractivity contribution in [3.05, 3.63) is 35.9 Å². The van der Waals surface area contributed by atoms with Crippen LogP contribution in [0, 0.1) is 0 Å². The molecule has 3 heteroatoms. The predicted octanol–water partition coefficient (Wildman–Crippen LogP) is 1.91. The number of ether oxygens (including phenoxy) is 1. The van der Waals surface area contributed by atoms with Gasteiger partial charge in [-0.1, -0.05) is 30.3 Å². The number of benzene rings is 1. The van der Waals surface area contributed by atoms with Gasteiger partial charge >= 0.3 is 0 Å². The molecule has 1 amide bonds. The zero-order valence-corrected chi connectivity index (χ0v) is 10.0. The van der Waals surface area contributed by atoms with Gasteiger partial charge in [0.15, 0.2) is 0 Å². The van der Waals surface area contributed by atoms with Gasteiger partial charge in [-0.2, -0.15) is 0 Å². The predicted molar refractivity (Wildman–Crippen MR) is 66.7 cm³/mol. The minimum atomic E-state index is 0.104. The molecule has 0 radical (unpaired) electrons. The molecule has 2 rings (SSSR count). The molecule has 3 nitrogen and oxygen atoms in total. The number of carbonyl (C=O) groups excluding carboxylic acids is 1. The lowest BCUT2D eigenvalue weighted by molar-refractivity contribution is -0.123. The van der Waals surface area contributed by atoms with Crippen molar-refractivity contribution < 1.29 is 9.53 Å². The van der Waals surface area contributed by atoms with E-state index in [9.17, 15) is 4.79 Å². The number of carbonyl (C=O) groups is 1. The Hall–Kier alpha value is -1.35. The first kappa shape index (κ1) is 12.1. The van der Waals surface area contributed by atoms with Crippen molar-refractivity contribution in [2.24, 2.45) is 0 Å². The molecular weight excluding hydrogens is 214 g/mol. The Balaban J connectivity index is 1.63. The van der Waals surface area contributed by atoms with Crippen LogP contribution in [0.4, 0.5) is 0 Å². The Bertz CT molecular complexity index is 344. The van der Waals surface area contributed by atoms with E-state index in [4.69, 9.17) is 4.74 Å². The van der Waals surface area contributed by atoms with E-state index in [-0.39, 0.29) is 12.0 Å². The second-order valence-electron chi connectivity index (χ2n) is 4.42. The van der Waals surface area contributed by atoms with Gasteiger partial charge in [0.05, 0.1) is 12.5 Å². The van der Waals surface area contributed by atoms with Gasteiger partial charge in [-0.25, -0.2) is 0 Å². The molecule has 1 aromatic carbocycles. The quantitative estimate of drug-likeness (QED) is 0.843. The maximum atomic E-state index is 11.6. The van der Waals surface area contributed by atoms with Crippen molar-refractivity contribution in [3.63, 3.8) is 0 Å². The van der Waals surface area contributed by atoms with E-state index in [2.05, 4.69) is 17.4 Å². The van der Waals surface area contributed by atoms with E-state index in [0.717, 1.165) is 25.9 Å². The number of hydrogen-bond donors (Lipinski definition) is 1. The molecule has 1 atom stereocenters. The molecule has 0 spiro atoms. The molecule has 1 aliphatic heterocycles. The SMILES string of the molecule is O=C(CC1CCCO1)NCCc1ccccc1. The highest BCUT2D eigenvalue weighted by molar-refractivity contribution is 5.76. The fourth-order valence-electron chi connectivity index (χ4n) is 2.08. The summed E-state index contributed by atoms with van der Waals surface area (Å²) in [6.07, 6.45) is 3.65. The Labute approximate surface area is 102 Å². The van der Waals surface area contributed by atoms with Crippen molar-refractivity contribution in [2.45, 2.75) is 31.8 Å². The van der Waals surface area contributed by atoms with Crippen molar-refractivity contribution in [3.8, 4) is 0 Å². The lowest BCUT2D eigenvalue weighted by Gasteiger charge is -2.09. The summed E-state index contributed by atoms with van der Waals surface area (Å²) in [6, 6.07) is 10.2. The highest BCUT2D eigenvalue weighted by Crippen LogP contribution is 2.14. The molecule has 1 unspecified atom stereocenters. The van der Waals surface area contributed by atoms with Gasteiger partial charge in [0.1, 0.15) is 0 Å². The molecule has 1 aromatic rings. The van der Waals surface area contributed by atoms with Crippen LogP contribution in [-0.4, -0.2) is 25.2 Å². The summed E-state index contributed by atoms with van der Waals surface area (Å²) >= 11 is 0. The topological polar surface area (TPSA) is 38.3 Å². The van der Waals surface area contributed by atoms with E-state index in [0.29, 0.717) is 13.0 Å². The van der Waals surface area contributed by atoms with Gasteiger partial charge in [-0.3, -0.25) is 4.79 Å². The molecule has 0 saturated carbocycles. The molecule has 0 bridgehead atoms. The van der Waals surface area contributed by atoms with Crippen molar-refractivity contribution in [1.29, 1.82) is 0 Å². The number of rotatable bonds is 5. The zero-order valence-electron chi connectivity index (χ0n) is 10.0. The molecule has 1 saturated heterocycles. The molecule has 92 valence electrons.